The number of morpholine rings is 1. The molecule has 0 saturated carbocycles. The van der Waals surface area contributed by atoms with Gasteiger partial charge in [-0.15, -0.1) is 0 Å². The third kappa shape index (κ3) is 3.49. The van der Waals surface area contributed by atoms with Gasteiger partial charge in [-0.1, -0.05) is 0 Å². The summed E-state index contributed by atoms with van der Waals surface area (Å²) in [5, 5.41) is 3.51. The largest absolute Gasteiger partial charge is 0.379 e. The Morgan fingerprint density at radius 3 is 2.82 bits per heavy atom. The Balaban J connectivity index is 2.02. The Bertz CT molecular complexity index is 323. The molecule has 2 rings (SSSR count). The van der Waals surface area contributed by atoms with Crippen molar-refractivity contribution in [3.05, 3.63) is 30.1 Å². The van der Waals surface area contributed by atoms with Crippen molar-refractivity contribution in [2.24, 2.45) is 0 Å². The molecular formula is C13H21N3O. The Kier molecular flexibility index (Phi) is 4.48. The molecule has 1 aromatic heterocycles. The van der Waals surface area contributed by atoms with Crippen LogP contribution in [-0.4, -0.2) is 49.8 Å². The van der Waals surface area contributed by atoms with Crippen molar-refractivity contribution in [2.75, 3.05) is 33.9 Å². The second-order valence-corrected chi connectivity index (χ2v) is 4.72. The second-order valence-electron chi connectivity index (χ2n) is 4.72. The van der Waals surface area contributed by atoms with Crippen molar-refractivity contribution in [2.45, 2.75) is 18.5 Å². The third-order valence-corrected chi connectivity index (χ3v) is 3.22. The van der Waals surface area contributed by atoms with Gasteiger partial charge in [0.25, 0.3) is 0 Å². The maximum Gasteiger partial charge on any atom is 0.0620 e. The van der Waals surface area contributed by atoms with Crippen LogP contribution >= 0.6 is 0 Å². The highest BCUT2D eigenvalue weighted by molar-refractivity contribution is 5.15. The molecular weight excluding hydrogens is 214 g/mol. The summed E-state index contributed by atoms with van der Waals surface area (Å²) < 4.78 is 5.51. The van der Waals surface area contributed by atoms with Crippen LogP contribution in [0, 0.1) is 0 Å². The molecule has 1 saturated heterocycles. The number of pyridine rings is 1. The van der Waals surface area contributed by atoms with Gasteiger partial charge in [0.1, 0.15) is 0 Å². The molecule has 17 heavy (non-hydrogen) atoms. The van der Waals surface area contributed by atoms with E-state index >= 15 is 0 Å². The fourth-order valence-corrected chi connectivity index (χ4v) is 2.27. The van der Waals surface area contributed by atoms with Crippen LogP contribution in [0.15, 0.2) is 24.5 Å². The molecule has 1 N–H and O–H groups in total. The van der Waals surface area contributed by atoms with Crippen molar-refractivity contribution in [3.63, 3.8) is 0 Å². The number of aromatic nitrogens is 1. The predicted molar refractivity (Wildman–Crippen MR) is 67.9 cm³/mol. The number of nitrogens with zero attached hydrogens (tertiary/aromatic N) is 2. The zero-order valence-corrected chi connectivity index (χ0v) is 10.6. The summed E-state index contributed by atoms with van der Waals surface area (Å²) in [6.45, 7) is 2.61. The van der Waals surface area contributed by atoms with Gasteiger partial charge in [-0.2, -0.15) is 0 Å². The molecule has 94 valence electrons. The standard InChI is InChI=1S/C13H21N3O/c1-16(2)13(11-3-5-14-6-4-11)9-12-10-17-8-7-15-12/h3-6,12-13,15H,7-10H2,1-2H3. The van der Waals surface area contributed by atoms with Gasteiger partial charge in [-0.25, -0.2) is 0 Å². The van der Waals surface area contributed by atoms with Gasteiger partial charge in [0, 0.05) is 31.0 Å². The first kappa shape index (κ1) is 12.5. The van der Waals surface area contributed by atoms with E-state index in [4.69, 9.17) is 4.74 Å². The van der Waals surface area contributed by atoms with Crippen molar-refractivity contribution in [3.8, 4) is 0 Å². The quantitative estimate of drug-likeness (QED) is 0.847. The van der Waals surface area contributed by atoms with Crippen LogP contribution in [0.1, 0.15) is 18.0 Å². The summed E-state index contributed by atoms with van der Waals surface area (Å²) >= 11 is 0. The van der Waals surface area contributed by atoms with Crippen LogP contribution in [0.4, 0.5) is 0 Å². The number of hydrogen-bond acceptors (Lipinski definition) is 4. The normalized spacial score (nSPS) is 22.6. The fourth-order valence-electron chi connectivity index (χ4n) is 2.27. The minimum absolute atomic E-state index is 0.414. The van der Waals surface area contributed by atoms with Crippen LogP contribution in [0.3, 0.4) is 0 Å². The van der Waals surface area contributed by atoms with Crippen LogP contribution < -0.4 is 5.32 Å². The highest BCUT2D eigenvalue weighted by atomic mass is 16.5. The van der Waals surface area contributed by atoms with Gasteiger partial charge in [-0.3, -0.25) is 4.98 Å². The first-order chi connectivity index (χ1) is 8.27. The van der Waals surface area contributed by atoms with Crippen molar-refractivity contribution in [1.29, 1.82) is 0 Å². The highest BCUT2D eigenvalue weighted by Gasteiger charge is 2.21. The van der Waals surface area contributed by atoms with Gasteiger partial charge in [0.15, 0.2) is 0 Å². The molecule has 1 aliphatic heterocycles. The summed E-state index contributed by atoms with van der Waals surface area (Å²) in [4.78, 5) is 6.33. The van der Waals surface area contributed by atoms with Crippen LogP contribution in [-0.2, 0) is 4.74 Å². The number of ether oxygens (including phenoxy) is 1. The number of rotatable bonds is 4. The van der Waals surface area contributed by atoms with Gasteiger partial charge in [-0.05, 0) is 38.2 Å². The van der Waals surface area contributed by atoms with E-state index in [1.165, 1.54) is 5.56 Å². The molecule has 1 fully saturated rings. The lowest BCUT2D eigenvalue weighted by atomic mass is 9.99. The summed E-state index contributed by atoms with van der Waals surface area (Å²) in [6, 6.07) is 5.05. The van der Waals surface area contributed by atoms with Gasteiger partial charge < -0.3 is 15.0 Å². The second kappa shape index (κ2) is 6.10. The molecule has 4 heteroatoms. The molecule has 2 unspecified atom stereocenters. The minimum Gasteiger partial charge on any atom is -0.379 e. The fraction of sp³-hybridized carbons (Fsp3) is 0.615. The van der Waals surface area contributed by atoms with E-state index in [2.05, 4.69) is 41.4 Å². The molecule has 0 bridgehead atoms. The summed E-state index contributed by atoms with van der Waals surface area (Å²) in [6.07, 6.45) is 4.78. The summed E-state index contributed by atoms with van der Waals surface area (Å²) in [5.41, 5.74) is 1.32. The Morgan fingerprint density at radius 1 is 1.47 bits per heavy atom. The van der Waals surface area contributed by atoms with E-state index in [9.17, 15) is 0 Å². The SMILES string of the molecule is CN(C)C(CC1COCCN1)c1ccncc1. The summed E-state index contributed by atoms with van der Waals surface area (Å²) in [5.74, 6) is 0. The highest BCUT2D eigenvalue weighted by Crippen LogP contribution is 2.23. The average molecular weight is 235 g/mol. The molecule has 1 aromatic rings. The van der Waals surface area contributed by atoms with Gasteiger partial charge >= 0.3 is 0 Å². The summed E-state index contributed by atoms with van der Waals surface area (Å²) in [7, 11) is 4.24. The zero-order chi connectivity index (χ0) is 12.1. The maximum absolute atomic E-state index is 5.51. The van der Waals surface area contributed by atoms with Gasteiger partial charge in [0.2, 0.25) is 0 Å². The first-order valence-corrected chi connectivity index (χ1v) is 6.15. The van der Waals surface area contributed by atoms with Gasteiger partial charge in [0.05, 0.1) is 13.2 Å². The molecule has 2 heterocycles. The van der Waals surface area contributed by atoms with Crippen molar-refractivity contribution >= 4 is 0 Å². The number of nitrogens with one attached hydrogen (secondary N) is 1. The molecule has 1 aliphatic rings. The first-order valence-electron chi connectivity index (χ1n) is 6.15. The Labute approximate surface area is 103 Å². The van der Waals surface area contributed by atoms with Crippen LogP contribution in [0.2, 0.25) is 0 Å². The lowest BCUT2D eigenvalue weighted by molar-refractivity contribution is 0.0648. The smallest absolute Gasteiger partial charge is 0.0620 e. The van der Waals surface area contributed by atoms with Crippen LogP contribution in [0.25, 0.3) is 0 Å². The maximum atomic E-state index is 5.51. The average Bonchev–Trinajstić information content (AvgIpc) is 2.38. The van der Waals surface area contributed by atoms with E-state index in [-0.39, 0.29) is 0 Å². The molecule has 0 amide bonds. The van der Waals surface area contributed by atoms with E-state index in [0.29, 0.717) is 12.1 Å². The third-order valence-electron chi connectivity index (χ3n) is 3.22. The van der Waals surface area contributed by atoms with Crippen molar-refractivity contribution in [1.82, 2.24) is 15.2 Å². The van der Waals surface area contributed by atoms with E-state index < -0.39 is 0 Å². The van der Waals surface area contributed by atoms with E-state index in [0.717, 1.165) is 26.2 Å². The molecule has 4 nitrogen and oxygen atoms in total. The molecule has 0 aliphatic carbocycles. The van der Waals surface area contributed by atoms with Crippen LogP contribution in [0.5, 0.6) is 0 Å². The molecule has 2 atom stereocenters. The lowest BCUT2D eigenvalue weighted by Gasteiger charge is -2.31. The topological polar surface area (TPSA) is 37.4 Å². The molecule has 0 spiro atoms. The van der Waals surface area contributed by atoms with E-state index in [1.807, 2.05) is 12.4 Å². The van der Waals surface area contributed by atoms with Crippen molar-refractivity contribution < 1.29 is 4.74 Å². The lowest BCUT2D eigenvalue weighted by Crippen LogP contribution is -2.43. The number of hydrogen-bond donors (Lipinski definition) is 1. The minimum atomic E-state index is 0.414. The Morgan fingerprint density at radius 2 is 2.24 bits per heavy atom. The Hall–Kier alpha value is -0.970. The molecule has 0 aromatic carbocycles. The predicted octanol–water partition coefficient (Wildman–Crippen LogP) is 1.06. The molecule has 0 radical (unpaired) electrons. The van der Waals surface area contributed by atoms with E-state index in [1.54, 1.807) is 0 Å². The monoisotopic (exact) mass is 235 g/mol. The zero-order valence-electron chi connectivity index (χ0n) is 10.6.